The van der Waals surface area contributed by atoms with Gasteiger partial charge in [0.1, 0.15) is 5.75 Å². The topological polar surface area (TPSA) is 89.5 Å². The van der Waals surface area contributed by atoms with Gasteiger partial charge in [-0.25, -0.2) is 0 Å². The maximum atomic E-state index is 10.8. The fourth-order valence-electron chi connectivity index (χ4n) is 1.88. The van der Waals surface area contributed by atoms with Crippen molar-refractivity contribution in [3.8, 4) is 5.75 Å². The summed E-state index contributed by atoms with van der Waals surface area (Å²) in [5, 5.41) is 0. The number of unbranched alkanes of at least 4 members (excludes halogenated alkanes) is 3. The first-order valence-electron chi connectivity index (χ1n) is 6.65. The van der Waals surface area contributed by atoms with Gasteiger partial charge in [0.25, 0.3) is 0 Å². The number of esters is 1. The largest absolute Gasteiger partial charge is 0.811 e. The van der Waals surface area contributed by atoms with E-state index in [1.807, 2.05) is 12.1 Å². The Morgan fingerprint density at radius 3 is 2.25 bits per heavy atom. The van der Waals surface area contributed by atoms with E-state index < -0.39 is 7.60 Å². The van der Waals surface area contributed by atoms with Gasteiger partial charge in [0.2, 0.25) is 0 Å². The second-order valence-corrected chi connectivity index (χ2v) is 6.41. The Morgan fingerprint density at radius 2 is 1.70 bits per heavy atom. The summed E-state index contributed by atoms with van der Waals surface area (Å²) in [6.07, 6.45) is 3.66. The van der Waals surface area contributed by atoms with E-state index in [2.05, 4.69) is 0 Å². The van der Waals surface area contributed by atoms with E-state index in [1.165, 1.54) is 6.92 Å². The summed E-state index contributed by atoms with van der Waals surface area (Å²) in [5.41, 5.74) is 1.14. The molecule has 0 bridgehead atoms. The smallest absolute Gasteiger partial charge is 0.308 e. The number of ether oxygens (including phenoxy) is 1. The van der Waals surface area contributed by atoms with Gasteiger partial charge in [-0.1, -0.05) is 32.6 Å². The zero-order valence-electron chi connectivity index (χ0n) is 11.5. The lowest BCUT2D eigenvalue weighted by molar-refractivity contribution is -0.313. The van der Waals surface area contributed by atoms with Crippen LogP contribution in [0.5, 0.6) is 5.75 Å². The molecule has 1 aromatic rings. The molecule has 5 nitrogen and oxygen atoms in total. The molecule has 20 heavy (non-hydrogen) atoms. The molecular weight excluding hydrogens is 279 g/mol. The van der Waals surface area contributed by atoms with Crippen LogP contribution in [0, 0.1) is 0 Å². The summed E-state index contributed by atoms with van der Waals surface area (Å²) in [7, 11) is -4.33. The second kappa shape index (κ2) is 8.20. The molecule has 1 aromatic carbocycles. The van der Waals surface area contributed by atoms with Gasteiger partial charge in [0, 0.05) is 6.92 Å². The summed E-state index contributed by atoms with van der Waals surface area (Å²) in [5.74, 6) is 0.190. The Bertz CT molecular complexity index is 463. The first-order chi connectivity index (χ1) is 9.37. The van der Waals surface area contributed by atoms with E-state index in [4.69, 9.17) is 4.74 Å². The van der Waals surface area contributed by atoms with Gasteiger partial charge in [-0.15, -0.1) is 0 Å². The number of carbonyl (C=O) groups is 1. The number of hydrogen-bond acceptors (Lipinski definition) is 5. The van der Waals surface area contributed by atoms with Gasteiger partial charge in [-0.2, -0.15) is 0 Å². The van der Waals surface area contributed by atoms with Crippen LogP contribution in [-0.4, -0.2) is 12.1 Å². The monoisotopic (exact) mass is 298 g/mol. The van der Waals surface area contributed by atoms with Crippen LogP contribution in [0.15, 0.2) is 24.3 Å². The molecule has 0 aliphatic heterocycles. The fourth-order valence-corrected chi connectivity index (χ4v) is 2.49. The first kappa shape index (κ1) is 16.9. The molecule has 0 aliphatic rings. The molecule has 1 rings (SSSR count). The average molecular weight is 298 g/mol. The lowest BCUT2D eigenvalue weighted by atomic mass is 10.1. The minimum Gasteiger partial charge on any atom is -0.811 e. The highest BCUT2D eigenvalue weighted by Crippen LogP contribution is 2.25. The van der Waals surface area contributed by atoms with Crippen LogP contribution in [0.25, 0.3) is 0 Å². The lowest BCUT2D eigenvalue weighted by Gasteiger charge is -2.29. The lowest BCUT2D eigenvalue weighted by Crippen LogP contribution is -2.16. The molecule has 0 aliphatic carbocycles. The number of hydrogen-bond donors (Lipinski definition) is 0. The van der Waals surface area contributed by atoms with Crippen molar-refractivity contribution in [2.75, 3.05) is 6.16 Å². The molecule has 0 N–H and O–H groups in total. The summed E-state index contributed by atoms with van der Waals surface area (Å²) in [6.45, 7) is 1.36. The van der Waals surface area contributed by atoms with Crippen LogP contribution >= 0.6 is 7.60 Å². The normalized spacial score (nSPS) is 11.3. The maximum absolute atomic E-state index is 10.8. The molecule has 0 saturated heterocycles. The third-order valence-electron chi connectivity index (χ3n) is 2.83. The number of rotatable bonds is 8. The van der Waals surface area contributed by atoms with Crippen LogP contribution in [-0.2, 0) is 15.8 Å². The minimum absolute atomic E-state index is 0.246. The molecule has 0 spiro atoms. The average Bonchev–Trinajstić information content (AvgIpc) is 2.33. The minimum atomic E-state index is -4.33. The predicted octanol–water partition coefficient (Wildman–Crippen LogP) is 1.63. The van der Waals surface area contributed by atoms with E-state index in [9.17, 15) is 19.1 Å². The molecule has 0 fully saturated rings. The van der Waals surface area contributed by atoms with E-state index in [-0.39, 0.29) is 12.1 Å². The molecule has 0 aromatic heterocycles. The van der Waals surface area contributed by atoms with Crippen molar-refractivity contribution in [2.45, 2.75) is 39.0 Å². The molecular formula is C14H19O5P-2. The quantitative estimate of drug-likeness (QED) is 0.315. The van der Waals surface area contributed by atoms with Gasteiger partial charge in [-0.05, 0) is 43.1 Å². The number of aryl methyl sites for hydroxylation is 1. The fraction of sp³-hybridized carbons (Fsp3) is 0.500. The second-order valence-electron chi connectivity index (χ2n) is 4.74. The standard InChI is InChI=1S/C14H21O5P/c1-12(15)19-14-9-7-13(8-10-14)6-4-2-3-5-11-20(16,17)18/h7-10H,2-6,11H2,1H3,(H2,16,17,18)/p-2. The Morgan fingerprint density at radius 1 is 1.10 bits per heavy atom. The van der Waals surface area contributed by atoms with Crippen molar-refractivity contribution >= 4 is 13.6 Å². The number of carbonyl (C=O) groups excluding carboxylic acids is 1. The van der Waals surface area contributed by atoms with Crippen LogP contribution in [0.1, 0.15) is 38.2 Å². The van der Waals surface area contributed by atoms with E-state index in [1.54, 1.807) is 12.1 Å². The van der Waals surface area contributed by atoms with Crippen LogP contribution < -0.4 is 14.5 Å². The van der Waals surface area contributed by atoms with E-state index in [0.29, 0.717) is 12.2 Å². The summed E-state index contributed by atoms with van der Waals surface area (Å²) < 4.78 is 15.4. The van der Waals surface area contributed by atoms with Gasteiger partial charge >= 0.3 is 5.97 Å². The van der Waals surface area contributed by atoms with Crippen LogP contribution in [0.4, 0.5) is 0 Å². The van der Waals surface area contributed by atoms with Gasteiger partial charge in [0.15, 0.2) is 0 Å². The van der Waals surface area contributed by atoms with Gasteiger partial charge in [-0.3, -0.25) is 4.79 Å². The predicted molar refractivity (Wildman–Crippen MR) is 72.4 cm³/mol. The molecule has 0 heterocycles. The van der Waals surface area contributed by atoms with Crippen molar-refractivity contribution in [1.82, 2.24) is 0 Å². The van der Waals surface area contributed by atoms with Crippen molar-refractivity contribution in [3.05, 3.63) is 29.8 Å². The van der Waals surface area contributed by atoms with E-state index >= 15 is 0 Å². The maximum Gasteiger partial charge on any atom is 0.308 e. The third kappa shape index (κ3) is 8.10. The summed E-state index contributed by atoms with van der Waals surface area (Å²) in [4.78, 5) is 31.6. The molecule has 0 amide bonds. The van der Waals surface area contributed by atoms with E-state index in [0.717, 1.165) is 31.2 Å². The zero-order chi connectivity index (χ0) is 15.0. The Balaban J connectivity index is 2.19. The molecule has 0 radical (unpaired) electrons. The van der Waals surface area contributed by atoms with Crippen LogP contribution in [0.2, 0.25) is 0 Å². The van der Waals surface area contributed by atoms with Gasteiger partial charge in [0.05, 0.1) is 0 Å². The number of benzene rings is 1. The highest BCUT2D eigenvalue weighted by molar-refractivity contribution is 7.48. The highest BCUT2D eigenvalue weighted by Gasteiger charge is 1.99. The molecule has 0 saturated carbocycles. The first-order valence-corrected chi connectivity index (χ1v) is 8.38. The zero-order valence-corrected chi connectivity index (χ0v) is 12.4. The van der Waals surface area contributed by atoms with Gasteiger partial charge < -0.3 is 19.1 Å². The van der Waals surface area contributed by atoms with Crippen molar-refractivity contribution < 1.29 is 23.9 Å². The Hall–Kier alpha value is -1.16. The molecule has 6 heteroatoms. The van der Waals surface area contributed by atoms with Crippen LogP contribution in [0.3, 0.4) is 0 Å². The third-order valence-corrected chi connectivity index (χ3v) is 3.70. The summed E-state index contributed by atoms with van der Waals surface area (Å²) in [6, 6.07) is 7.31. The Kier molecular flexibility index (Phi) is 6.93. The molecule has 0 atom stereocenters. The van der Waals surface area contributed by atoms with Crippen molar-refractivity contribution in [3.63, 3.8) is 0 Å². The Labute approximate surface area is 119 Å². The highest BCUT2D eigenvalue weighted by atomic mass is 31.2. The SMILES string of the molecule is CC(=O)Oc1ccc(CCCCCCP(=O)([O-])[O-])cc1. The van der Waals surface area contributed by atoms with Crippen molar-refractivity contribution in [2.24, 2.45) is 0 Å². The molecule has 112 valence electrons. The van der Waals surface area contributed by atoms with Crippen molar-refractivity contribution in [1.29, 1.82) is 0 Å². The summed E-state index contributed by atoms with van der Waals surface area (Å²) >= 11 is 0. The molecule has 0 unspecified atom stereocenters.